The Morgan fingerprint density at radius 3 is 2.04 bits per heavy atom. The lowest BCUT2D eigenvalue weighted by atomic mass is 9.87. The third-order valence-corrected chi connectivity index (χ3v) is 3.88. The van der Waals surface area contributed by atoms with Crippen LogP contribution in [0.3, 0.4) is 0 Å². The van der Waals surface area contributed by atoms with E-state index in [1.54, 1.807) is 39.8 Å². The lowest BCUT2D eigenvalue weighted by molar-refractivity contribution is -0.137. The van der Waals surface area contributed by atoms with Crippen LogP contribution in [-0.4, -0.2) is 39.4 Å². The van der Waals surface area contributed by atoms with E-state index in [0.717, 1.165) is 17.0 Å². The Labute approximate surface area is 145 Å². The van der Waals surface area contributed by atoms with Gasteiger partial charge in [0.2, 0.25) is 0 Å². The first-order chi connectivity index (χ1) is 11.4. The van der Waals surface area contributed by atoms with E-state index in [1.807, 2.05) is 0 Å². The number of nitrogens with zero attached hydrogens (tertiary/aromatic N) is 1. The normalized spacial score (nSPS) is 15.2. The van der Waals surface area contributed by atoms with Crippen molar-refractivity contribution in [2.75, 3.05) is 6.61 Å². The van der Waals surface area contributed by atoms with E-state index >= 15 is 0 Å². The number of aliphatic hydroxyl groups is 1. The number of alkyl halides is 3. The summed E-state index contributed by atoms with van der Waals surface area (Å²) in [5.74, 6) is -0.576. The molecular formula is C18H24F3NO3. The van der Waals surface area contributed by atoms with Gasteiger partial charge in [-0.2, -0.15) is 13.2 Å². The number of allylic oxidation sites excluding steroid dienone is 1. The Morgan fingerprint density at radius 2 is 1.72 bits per heavy atom. The van der Waals surface area contributed by atoms with Gasteiger partial charge < -0.3 is 10.2 Å². The van der Waals surface area contributed by atoms with Crippen molar-refractivity contribution >= 4 is 6.09 Å². The molecule has 2 atom stereocenters. The second-order valence-electron chi connectivity index (χ2n) is 6.74. The minimum absolute atomic E-state index is 0.459. The average molecular weight is 359 g/mol. The van der Waals surface area contributed by atoms with E-state index < -0.39 is 41.9 Å². The maximum atomic E-state index is 12.7. The Kier molecular flexibility index (Phi) is 6.65. The standard InChI is InChI=1S/C18H24F3NO3/c1-5-6-14(12-7-9-13(10-8-12)18(19,20)21)15(11-23)22(16(24)25)17(2,3)4/h5-10,14-15,23H,11H2,1-4H3,(H,24,25)/t14-,15+/m0/s1. The van der Waals surface area contributed by atoms with E-state index in [-0.39, 0.29) is 0 Å². The number of aliphatic hydroxyl groups excluding tert-OH is 1. The molecule has 1 aromatic rings. The molecule has 0 radical (unpaired) electrons. The van der Waals surface area contributed by atoms with Crippen LogP contribution < -0.4 is 0 Å². The largest absolute Gasteiger partial charge is 0.465 e. The average Bonchev–Trinajstić information content (AvgIpc) is 2.48. The molecule has 4 nitrogen and oxygen atoms in total. The fraction of sp³-hybridized carbons (Fsp3) is 0.500. The fourth-order valence-electron chi connectivity index (χ4n) is 2.85. The predicted molar refractivity (Wildman–Crippen MR) is 89.5 cm³/mol. The number of amides is 1. The minimum Gasteiger partial charge on any atom is -0.465 e. The summed E-state index contributed by atoms with van der Waals surface area (Å²) in [4.78, 5) is 12.8. The molecule has 0 aliphatic heterocycles. The van der Waals surface area contributed by atoms with E-state index in [4.69, 9.17) is 0 Å². The number of carboxylic acid groups (broad SMARTS) is 1. The highest BCUT2D eigenvalue weighted by Gasteiger charge is 2.37. The number of carbonyl (C=O) groups is 1. The van der Waals surface area contributed by atoms with E-state index in [0.29, 0.717) is 5.56 Å². The summed E-state index contributed by atoms with van der Waals surface area (Å²) in [6.45, 7) is 6.36. The molecule has 140 valence electrons. The third kappa shape index (κ3) is 5.22. The molecule has 0 saturated carbocycles. The van der Waals surface area contributed by atoms with Gasteiger partial charge in [0.15, 0.2) is 0 Å². The quantitative estimate of drug-likeness (QED) is 0.761. The van der Waals surface area contributed by atoms with Crippen LogP contribution in [0, 0.1) is 0 Å². The summed E-state index contributed by atoms with van der Waals surface area (Å²) in [5, 5.41) is 19.4. The molecule has 1 rings (SSSR count). The van der Waals surface area contributed by atoms with Crippen molar-refractivity contribution in [3.05, 3.63) is 47.5 Å². The Hall–Kier alpha value is -2.02. The molecule has 0 aliphatic carbocycles. The molecule has 0 spiro atoms. The van der Waals surface area contributed by atoms with E-state index in [9.17, 15) is 28.2 Å². The number of halogens is 3. The van der Waals surface area contributed by atoms with Gasteiger partial charge in [0.25, 0.3) is 0 Å². The second-order valence-corrected chi connectivity index (χ2v) is 6.74. The van der Waals surface area contributed by atoms with Crippen molar-refractivity contribution in [1.82, 2.24) is 4.90 Å². The molecule has 0 bridgehead atoms. The lowest BCUT2D eigenvalue weighted by Gasteiger charge is -2.41. The molecule has 0 fully saturated rings. The molecule has 0 aliphatic rings. The van der Waals surface area contributed by atoms with Gasteiger partial charge in [-0.3, -0.25) is 4.90 Å². The molecule has 7 heteroatoms. The zero-order valence-corrected chi connectivity index (χ0v) is 14.7. The number of rotatable bonds is 5. The summed E-state index contributed by atoms with van der Waals surface area (Å²) in [6, 6.07) is 3.73. The van der Waals surface area contributed by atoms with Crippen molar-refractivity contribution in [2.45, 2.75) is 51.4 Å². The molecule has 25 heavy (non-hydrogen) atoms. The van der Waals surface area contributed by atoms with E-state index in [2.05, 4.69) is 0 Å². The molecule has 0 aromatic heterocycles. The van der Waals surface area contributed by atoms with Gasteiger partial charge in [-0.05, 0) is 45.4 Å². The van der Waals surface area contributed by atoms with Gasteiger partial charge >= 0.3 is 12.3 Å². The van der Waals surface area contributed by atoms with Gasteiger partial charge in [-0.25, -0.2) is 4.79 Å². The topological polar surface area (TPSA) is 60.8 Å². The third-order valence-electron chi connectivity index (χ3n) is 3.88. The molecule has 1 amide bonds. The highest BCUT2D eigenvalue weighted by atomic mass is 19.4. The lowest BCUT2D eigenvalue weighted by Crippen LogP contribution is -2.54. The first-order valence-electron chi connectivity index (χ1n) is 7.86. The van der Waals surface area contributed by atoms with Crippen LogP contribution in [0.4, 0.5) is 18.0 Å². The molecule has 0 unspecified atom stereocenters. The highest BCUT2D eigenvalue weighted by molar-refractivity contribution is 5.67. The van der Waals surface area contributed by atoms with Crippen LogP contribution in [-0.2, 0) is 6.18 Å². The predicted octanol–water partition coefficient (Wildman–Crippen LogP) is 4.50. The fourth-order valence-corrected chi connectivity index (χ4v) is 2.85. The van der Waals surface area contributed by atoms with Crippen molar-refractivity contribution < 1.29 is 28.2 Å². The van der Waals surface area contributed by atoms with Gasteiger partial charge in [0.1, 0.15) is 0 Å². The highest BCUT2D eigenvalue weighted by Crippen LogP contribution is 2.33. The maximum absolute atomic E-state index is 12.7. The number of benzene rings is 1. The van der Waals surface area contributed by atoms with Crippen LogP contribution in [0.5, 0.6) is 0 Å². The number of hydrogen-bond acceptors (Lipinski definition) is 2. The van der Waals surface area contributed by atoms with Gasteiger partial charge in [0.05, 0.1) is 18.2 Å². The van der Waals surface area contributed by atoms with Crippen molar-refractivity contribution in [1.29, 1.82) is 0 Å². The zero-order chi connectivity index (χ0) is 19.4. The molecule has 0 heterocycles. The minimum atomic E-state index is -4.44. The van der Waals surface area contributed by atoms with Crippen LogP contribution in [0.25, 0.3) is 0 Å². The molecule has 1 aromatic carbocycles. The second kappa shape index (κ2) is 7.91. The number of hydrogen-bond donors (Lipinski definition) is 2. The first-order valence-corrected chi connectivity index (χ1v) is 7.86. The Balaban J connectivity index is 3.34. The first kappa shape index (κ1) is 21.0. The van der Waals surface area contributed by atoms with Crippen molar-refractivity contribution in [2.24, 2.45) is 0 Å². The van der Waals surface area contributed by atoms with E-state index in [1.165, 1.54) is 12.1 Å². The summed E-state index contributed by atoms with van der Waals surface area (Å²) >= 11 is 0. The summed E-state index contributed by atoms with van der Waals surface area (Å²) in [7, 11) is 0. The maximum Gasteiger partial charge on any atom is 0.416 e. The van der Waals surface area contributed by atoms with Crippen LogP contribution in [0.15, 0.2) is 36.4 Å². The van der Waals surface area contributed by atoms with Crippen LogP contribution in [0.2, 0.25) is 0 Å². The monoisotopic (exact) mass is 359 g/mol. The molecule has 0 saturated heterocycles. The van der Waals surface area contributed by atoms with Gasteiger partial charge in [-0.15, -0.1) is 0 Å². The summed E-state index contributed by atoms with van der Waals surface area (Å²) in [5.41, 5.74) is -1.06. The summed E-state index contributed by atoms with van der Waals surface area (Å²) < 4.78 is 38.2. The molecular weight excluding hydrogens is 335 g/mol. The van der Waals surface area contributed by atoms with Crippen molar-refractivity contribution in [3.63, 3.8) is 0 Å². The summed E-state index contributed by atoms with van der Waals surface area (Å²) in [6.07, 6.45) is -2.27. The Morgan fingerprint density at radius 1 is 1.20 bits per heavy atom. The van der Waals surface area contributed by atoms with Crippen LogP contribution in [0.1, 0.15) is 44.7 Å². The molecule has 2 N–H and O–H groups in total. The smallest absolute Gasteiger partial charge is 0.416 e. The van der Waals surface area contributed by atoms with Crippen molar-refractivity contribution in [3.8, 4) is 0 Å². The van der Waals surface area contributed by atoms with Gasteiger partial charge in [0, 0.05) is 11.5 Å². The zero-order valence-electron chi connectivity index (χ0n) is 14.7. The Bertz CT molecular complexity index is 603. The van der Waals surface area contributed by atoms with Crippen LogP contribution >= 0.6 is 0 Å². The SMILES string of the molecule is CC=C[C@@H](c1ccc(C(F)(F)F)cc1)[C@@H](CO)N(C(=O)O)C(C)(C)C. The van der Waals surface area contributed by atoms with Gasteiger partial charge in [-0.1, -0.05) is 24.3 Å².